The first-order chi connectivity index (χ1) is 13.0. The summed E-state index contributed by atoms with van der Waals surface area (Å²) in [4.78, 5) is 22.3. The molecule has 4 aliphatic carbocycles. The van der Waals surface area contributed by atoms with Crippen LogP contribution in [0.15, 0.2) is 24.8 Å². The highest BCUT2D eigenvalue weighted by Gasteiger charge is 2.60. The average molecular weight is 366 g/mol. The summed E-state index contributed by atoms with van der Waals surface area (Å²) in [6, 6.07) is 0. The Morgan fingerprint density at radius 2 is 1.96 bits per heavy atom. The van der Waals surface area contributed by atoms with E-state index in [1.807, 2.05) is 0 Å². The SMILES string of the molecule is Nc1ncc(/C=C/C(=O)NC23CC4CC(C2)CC(n2ncnn2)(C4)C3)cn1. The molecule has 2 aromatic rings. The van der Waals surface area contributed by atoms with Crippen LogP contribution in [0.25, 0.3) is 6.08 Å². The molecule has 0 aliphatic heterocycles. The van der Waals surface area contributed by atoms with Gasteiger partial charge in [-0.05, 0) is 61.7 Å². The number of carbonyl (C=O) groups is 1. The molecule has 2 atom stereocenters. The smallest absolute Gasteiger partial charge is 0.244 e. The second-order valence-electron chi connectivity index (χ2n) is 8.39. The van der Waals surface area contributed by atoms with E-state index in [0.29, 0.717) is 11.8 Å². The number of hydrogen-bond donors (Lipinski definition) is 2. The molecule has 27 heavy (non-hydrogen) atoms. The van der Waals surface area contributed by atoms with Gasteiger partial charge in [-0.3, -0.25) is 4.79 Å². The van der Waals surface area contributed by atoms with Gasteiger partial charge in [0, 0.05) is 29.6 Å². The van der Waals surface area contributed by atoms with E-state index in [2.05, 4.69) is 30.7 Å². The summed E-state index contributed by atoms with van der Waals surface area (Å²) in [5.74, 6) is 1.34. The highest BCUT2D eigenvalue weighted by molar-refractivity contribution is 5.92. The molecule has 2 heterocycles. The maximum atomic E-state index is 12.6. The number of hydrogen-bond acceptors (Lipinski definition) is 7. The van der Waals surface area contributed by atoms with Crippen molar-refractivity contribution in [3.8, 4) is 0 Å². The van der Waals surface area contributed by atoms with Gasteiger partial charge in [-0.2, -0.15) is 4.80 Å². The van der Waals surface area contributed by atoms with Crippen LogP contribution >= 0.6 is 0 Å². The zero-order valence-electron chi connectivity index (χ0n) is 15.0. The third-order valence-electron chi connectivity index (χ3n) is 6.31. The van der Waals surface area contributed by atoms with Gasteiger partial charge in [0.2, 0.25) is 11.9 Å². The standard InChI is InChI=1S/C18H22N8O/c19-16-20-8-12(9-21-16)1-2-15(27)24-17-4-13-3-14(5-17)7-18(6-13,10-17)26-23-11-22-25-26/h1-2,8-9,11,13-14H,3-7,10H2,(H,24,27)(H2,19,20,21)/b2-1+. The predicted octanol–water partition coefficient (Wildman–Crippen LogP) is 0.923. The fourth-order valence-corrected chi connectivity index (χ4v) is 5.89. The molecule has 0 radical (unpaired) electrons. The topological polar surface area (TPSA) is 124 Å². The van der Waals surface area contributed by atoms with Gasteiger partial charge in [0.25, 0.3) is 0 Å². The monoisotopic (exact) mass is 366 g/mol. The van der Waals surface area contributed by atoms with Crippen LogP contribution < -0.4 is 11.1 Å². The first-order valence-electron chi connectivity index (χ1n) is 9.36. The largest absolute Gasteiger partial charge is 0.368 e. The molecule has 4 bridgehead atoms. The molecule has 0 spiro atoms. The van der Waals surface area contributed by atoms with Crippen molar-refractivity contribution in [3.63, 3.8) is 0 Å². The van der Waals surface area contributed by atoms with Crippen molar-refractivity contribution in [1.82, 2.24) is 35.5 Å². The Morgan fingerprint density at radius 3 is 2.63 bits per heavy atom. The van der Waals surface area contributed by atoms with Gasteiger partial charge >= 0.3 is 0 Å². The highest BCUT2D eigenvalue weighted by Crippen LogP contribution is 2.60. The number of rotatable bonds is 4. The molecule has 2 unspecified atom stereocenters. The van der Waals surface area contributed by atoms with E-state index in [4.69, 9.17) is 5.73 Å². The van der Waals surface area contributed by atoms with E-state index in [9.17, 15) is 4.79 Å². The predicted molar refractivity (Wildman–Crippen MR) is 96.8 cm³/mol. The molecular weight excluding hydrogens is 344 g/mol. The van der Waals surface area contributed by atoms with E-state index in [1.165, 1.54) is 12.7 Å². The summed E-state index contributed by atoms with van der Waals surface area (Å²) < 4.78 is 0. The molecule has 0 aromatic carbocycles. The number of carbonyl (C=O) groups excluding carboxylic acids is 1. The summed E-state index contributed by atoms with van der Waals surface area (Å²) in [5.41, 5.74) is 5.94. The Balaban J connectivity index is 1.35. The van der Waals surface area contributed by atoms with Crippen molar-refractivity contribution in [2.75, 3.05) is 5.73 Å². The van der Waals surface area contributed by atoms with Crippen LogP contribution in [0.4, 0.5) is 5.95 Å². The average Bonchev–Trinajstić information content (AvgIpc) is 3.15. The Kier molecular flexibility index (Phi) is 3.53. The van der Waals surface area contributed by atoms with Gasteiger partial charge in [-0.1, -0.05) is 0 Å². The molecule has 3 N–H and O–H groups in total. The first-order valence-corrected chi connectivity index (χ1v) is 9.36. The van der Waals surface area contributed by atoms with Gasteiger partial charge < -0.3 is 11.1 Å². The number of nitrogen functional groups attached to an aromatic ring is 1. The first kappa shape index (κ1) is 16.3. The number of nitrogens with zero attached hydrogens (tertiary/aromatic N) is 6. The third kappa shape index (κ3) is 2.87. The second kappa shape index (κ2) is 5.83. The lowest BCUT2D eigenvalue weighted by molar-refractivity contribution is -0.126. The second-order valence-corrected chi connectivity index (χ2v) is 8.39. The number of nitrogens with two attached hydrogens (primary N) is 1. The Bertz CT molecular complexity index is 861. The van der Waals surface area contributed by atoms with Crippen molar-refractivity contribution in [3.05, 3.63) is 30.4 Å². The van der Waals surface area contributed by atoms with Gasteiger partial charge in [-0.15, -0.1) is 10.2 Å². The van der Waals surface area contributed by atoms with Crippen molar-refractivity contribution >= 4 is 17.9 Å². The van der Waals surface area contributed by atoms with Gasteiger partial charge in [0.05, 0.1) is 5.54 Å². The molecule has 0 saturated heterocycles. The number of tetrazole rings is 1. The normalized spacial score (nSPS) is 34.2. The fourth-order valence-electron chi connectivity index (χ4n) is 5.89. The third-order valence-corrected chi connectivity index (χ3v) is 6.31. The van der Waals surface area contributed by atoms with Gasteiger partial charge in [0.15, 0.2) is 6.33 Å². The van der Waals surface area contributed by atoms with E-state index in [0.717, 1.165) is 37.7 Å². The number of nitrogens with one attached hydrogen (secondary N) is 1. The molecule has 140 valence electrons. The molecule has 4 aliphatic rings. The summed E-state index contributed by atoms with van der Waals surface area (Å²) >= 11 is 0. The molecule has 2 aromatic heterocycles. The van der Waals surface area contributed by atoms with Crippen molar-refractivity contribution in [1.29, 1.82) is 0 Å². The van der Waals surface area contributed by atoms with Gasteiger partial charge in [-0.25, -0.2) is 9.97 Å². The van der Waals surface area contributed by atoms with Crippen LogP contribution in [-0.4, -0.2) is 41.6 Å². The highest BCUT2D eigenvalue weighted by atomic mass is 16.1. The molecule has 9 heteroatoms. The van der Waals surface area contributed by atoms with Crippen LogP contribution in [0.5, 0.6) is 0 Å². The quantitative estimate of drug-likeness (QED) is 0.771. The van der Waals surface area contributed by atoms with Crippen LogP contribution in [0.1, 0.15) is 44.1 Å². The molecular formula is C18H22N8O. The summed E-state index contributed by atoms with van der Waals surface area (Å²) in [5, 5.41) is 15.8. The zero-order valence-corrected chi connectivity index (χ0v) is 15.0. The van der Waals surface area contributed by atoms with Crippen LogP contribution in [-0.2, 0) is 10.3 Å². The minimum atomic E-state index is -0.184. The fraction of sp³-hybridized carbons (Fsp3) is 0.556. The summed E-state index contributed by atoms with van der Waals surface area (Å²) in [6.45, 7) is 0. The molecule has 4 fully saturated rings. The van der Waals surface area contributed by atoms with Crippen molar-refractivity contribution in [2.24, 2.45) is 11.8 Å². The molecule has 9 nitrogen and oxygen atoms in total. The van der Waals surface area contributed by atoms with E-state index in [-0.39, 0.29) is 22.9 Å². The van der Waals surface area contributed by atoms with Crippen LogP contribution in [0.2, 0.25) is 0 Å². The maximum Gasteiger partial charge on any atom is 0.244 e. The van der Waals surface area contributed by atoms with Crippen LogP contribution in [0, 0.1) is 11.8 Å². The maximum absolute atomic E-state index is 12.6. The van der Waals surface area contributed by atoms with Gasteiger partial charge in [0.1, 0.15) is 0 Å². The Morgan fingerprint density at radius 1 is 1.22 bits per heavy atom. The summed E-state index contributed by atoms with van der Waals surface area (Å²) in [7, 11) is 0. The van der Waals surface area contributed by atoms with Crippen molar-refractivity contribution in [2.45, 2.75) is 49.6 Å². The number of aromatic nitrogens is 6. The molecule has 4 saturated carbocycles. The number of anilines is 1. The van der Waals surface area contributed by atoms with E-state index in [1.54, 1.807) is 29.3 Å². The summed E-state index contributed by atoms with van der Waals surface area (Å²) in [6.07, 6.45) is 14.3. The zero-order chi connectivity index (χ0) is 18.5. The Hall–Kier alpha value is -2.84. The van der Waals surface area contributed by atoms with Crippen molar-refractivity contribution < 1.29 is 4.79 Å². The lowest BCUT2D eigenvalue weighted by Crippen LogP contribution is -2.66. The van der Waals surface area contributed by atoms with E-state index >= 15 is 0 Å². The van der Waals surface area contributed by atoms with E-state index < -0.39 is 0 Å². The lowest BCUT2D eigenvalue weighted by Gasteiger charge is -2.61. The molecule has 6 rings (SSSR count). The Labute approximate surface area is 156 Å². The minimum absolute atomic E-state index is 0.0875. The lowest BCUT2D eigenvalue weighted by atomic mass is 9.50. The molecule has 1 amide bonds. The van der Waals surface area contributed by atoms with Crippen LogP contribution in [0.3, 0.4) is 0 Å². The number of amides is 1. The minimum Gasteiger partial charge on any atom is -0.368 e.